The van der Waals surface area contributed by atoms with Crippen LogP contribution in [0.3, 0.4) is 0 Å². The predicted octanol–water partition coefficient (Wildman–Crippen LogP) is 2.76. The van der Waals surface area contributed by atoms with Gasteiger partial charge in [0.25, 0.3) is 0 Å². The number of nitrogens with zero attached hydrogens (tertiary/aromatic N) is 3. The lowest BCUT2D eigenvalue weighted by atomic mass is 10.2. The van der Waals surface area contributed by atoms with Crippen LogP contribution in [0, 0.1) is 0 Å². The smallest absolute Gasteiger partial charge is 0.110 e. The van der Waals surface area contributed by atoms with E-state index in [1.165, 1.54) is 0 Å². The molecule has 0 atom stereocenters. The fourth-order valence-electron chi connectivity index (χ4n) is 2.51. The summed E-state index contributed by atoms with van der Waals surface area (Å²) in [5, 5.41) is 11.2. The number of benzene rings is 1. The van der Waals surface area contributed by atoms with Gasteiger partial charge in [-0.2, -0.15) is 0 Å². The van der Waals surface area contributed by atoms with Crippen LogP contribution in [-0.2, 0) is 26.6 Å². The molecule has 0 saturated heterocycles. The number of aliphatic hydroxyl groups excluding tert-OH is 1. The number of aryl methyl sites for hydroxylation is 3. The standard InChI is InChI=1S/C15H16ClN3O/c1-18-7-5-17-15(18)4-6-19-9-11(10-20)13-3-2-12(16)8-14(13)19/h2-3,5,7-9,20H,4,6,10H2,1H3. The molecule has 2 aromatic heterocycles. The van der Waals surface area contributed by atoms with Crippen LogP contribution in [0.15, 0.2) is 36.8 Å². The van der Waals surface area contributed by atoms with E-state index in [-0.39, 0.29) is 6.61 Å². The molecule has 0 aliphatic carbocycles. The minimum Gasteiger partial charge on any atom is -0.392 e. The molecule has 3 rings (SSSR count). The molecule has 0 bridgehead atoms. The van der Waals surface area contributed by atoms with Gasteiger partial charge in [-0.3, -0.25) is 0 Å². The summed E-state index contributed by atoms with van der Waals surface area (Å²) in [7, 11) is 1.99. The molecule has 104 valence electrons. The molecule has 0 aliphatic heterocycles. The Hall–Kier alpha value is -1.78. The molecule has 0 radical (unpaired) electrons. The summed E-state index contributed by atoms with van der Waals surface area (Å²) in [5.41, 5.74) is 1.98. The van der Waals surface area contributed by atoms with E-state index in [2.05, 4.69) is 9.55 Å². The molecule has 1 aromatic carbocycles. The van der Waals surface area contributed by atoms with E-state index in [9.17, 15) is 5.11 Å². The van der Waals surface area contributed by atoms with E-state index < -0.39 is 0 Å². The van der Waals surface area contributed by atoms with Gasteiger partial charge >= 0.3 is 0 Å². The van der Waals surface area contributed by atoms with Crippen molar-refractivity contribution in [2.45, 2.75) is 19.6 Å². The van der Waals surface area contributed by atoms with Crippen molar-refractivity contribution < 1.29 is 5.11 Å². The Morgan fingerprint density at radius 1 is 1.35 bits per heavy atom. The van der Waals surface area contributed by atoms with Crippen molar-refractivity contribution in [3.05, 3.63) is 53.2 Å². The van der Waals surface area contributed by atoms with Gasteiger partial charge in [0.15, 0.2) is 0 Å². The third-order valence-electron chi connectivity index (χ3n) is 3.59. The van der Waals surface area contributed by atoms with Crippen molar-refractivity contribution in [2.75, 3.05) is 0 Å². The molecule has 0 saturated carbocycles. The molecule has 1 N–H and O–H groups in total. The highest BCUT2D eigenvalue weighted by Crippen LogP contribution is 2.25. The molecule has 2 heterocycles. The number of hydrogen-bond donors (Lipinski definition) is 1. The van der Waals surface area contributed by atoms with Crippen LogP contribution in [0.25, 0.3) is 10.9 Å². The fourth-order valence-corrected chi connectivity index (χ4v) is 2.68. The van der Waals surface area contributed by atoms with Crippen LogP contribution in [-0.4, -0.2) is 19.2 Å². The number of aliphatic hydroxyl groups is 1. The van der Waals surface area contributed by atoms with Crippen LogP contribution in [0.1, 0.15) is 11.4 Å². The molecule has 0 unspecified atom stereocenters. The van der Waals surface area contributed by atoms with Gasteiger partial charge in [0.2, 0.25) is 0 Å². The van der Waals surface area contributed by atoms with Gasteiger partial charge in [0.1, 0.15) is 5.82 Å². The Kier molecular flexibility index (Phi) is 3.51. The molecule has 0 spiro atoms. The maximum Gasteiger partial charge on any atom is 0.110 e. The maximum atomic E-state index is 9.45. The van der Waals surface area contributed by atoms with E-state index in [1.54, 1.807) is 6.20 Å². The van der Waals surface area contributed by atoms with Crippen molar-refractivity contribution in [1.82, 2.24) is 14.1 Å². The summed E-state index contributed by atoms with van der Waals surface area (Å²) in [6, 6.07) is 5.75. The lowest BCUT2D eigenvalue weighted by Crippen LogP contribution is -2.04. The quantitative estimate of drug-likeness (QED) is 0.802. The first-order valence-electron chi connectivity index (χ1n) is 6.53. The molecule has 3 aromatic rings. The van der Waals surface area contributed by atoms with E-state index in [0.29, 0.717) is 5.02 Å². The molecule has 5 heteroatoms. The lowest BCUT2D eigenvalue weighted by molar-refractivity contribution is 0.283. The number of aromatic nitrogens is 3. The van der Waals surface area contributed by atoms with Gasteiger partial charge in [0, 0.05) is 60.1 Å². The first-order valence-corrected chi connectivity index (χ1v) is 6.91. The molecular formula is C15H16ClN3O. The number of fused-ring (bicyclic) bond motifs is 1. The zero-order valence-electron chi connectivity index (χ0n) is 11.3. The fraction of sp³-hybridized carbons (Fsp3) is 0.267. The monoisotopic (exact) mass is 289 g/mol. The van der Waals surface area contributed by atoms with Gasteiger partial charge in [0.05, 0.1) is 6.61 Å². The molecule has 20 heavy (non-hydrogen) atoms. The Balaban J connectivity index is 1.94. The van der Waals surface area contributed by atoms with Crippen LogP contribution in [0.5, 0.6) is 0 Å². The van der Waals surface area contributed by atoms with Gasteiger partial charge in [-0.05, 0) is 12.1 Å². The van der Waals surface area contributed by atoms with E-state index in [4.69, 9.17) is 11.6 Å². The van der Waals surface area contributed by atoms with Crippen molar-refractivity contribution in [3.63, 3.8) is 0 Å². The van der Waals surface area contributed by atoms with Crippen LogP contribution < -0.4 is 0 Å². The minimum absolute atomic E-state index is 0.0353. The molecule has 4 nitrogen and oxygen atoms in total. The second-order valence-corrected chi connectivity index (χ2v) is 5.31. The average Bonchev–Trinajstić information content (AvgIpc) is 3.00. The van der Waals surface area contributed by atoms with Crippen molar-refractivity contribution >= 4 is 22.5 Å². The van der Waals surface area contributed by atoms with Crippen LogP contribution in [0.4, 0.5) is 0 Å². The molecule has 0 amide bonds. The second kappa shape index (κ2) is 5.31. The topological polar surface area (TPSA) is 43.0 Å². The van der Waals surface area contributed by atoms with Crippen molar-refractivity contribution in [1.29, 1.82) is 0 Å². The molecule has 0 fully saturated rings. The summed E-state index contributed by atoms with van der Waals surface area (Å²) in [6.45, 7) is 0.842. The van der Waals surface area contributed by atoms with E-state index >= 15 is 0 Å². The van der Waals surface area contributed by atoms with E-state index in [1.807, 2.05) is 42.2 Å². The van der Waals surface area contributed by atoms with Gasteiger partial charge in [-0.1, -0.05) is 17.7 Å². The normalized spacial score (nSPS) is 11.3. The predicted molar refractivity (Wildman–Crippen MR) is 79.8 cm³/mol. The Bertz CT molecular complexity index is 745. The van der Waals surface area contributed by atoms with Gasteiger partial charge in [-0.15, -0.1) is 0 Å². The van der Waals surface area contributed by atoms with Crippen LogP contribution in [0.2, 0.25) is 5.02 Å². The highest BCUT2D eigenvalue weighted by Gasteiger charge is 2.09. The maximum absolute atomic E-state index is 9.45. The number of rotatable bonds is 4. The Morgan fingerprint density at radius 2 is 2.20 bits per heavy atom. The van der Waals surface area contributed by atoms with Crippen molar-refractivity contribution in [2.24, 2.45) is 7.05 Å². The number of imidazole rings is 1. The Labute approximate surface area is 122 Å². The highest BCUT2D eigenvalue weighted by molar-refractivity contribution is 6.31. The number of hydrogen-bond acceptors (Lipinski definition) is 2. The van der Waals surface area contributed by atoms with Crippen LogP contribution >= 0.6 is 11.6 Å². The summed E-state index contributed by atoms with van der Waals surface area (Å²) in [4.78, 5) is 4.33. The largest absolute Gasteiger partial charge is 0.392 e. The third-order valence-corrected chi connectivity index (χ3v) is 3.83. The third kappa shape index (κ3) is 2.32. The van der Waals surface area contributed by atoms with Gasteiger partial charge in [-0.25, -0.2) is 4.98 Å². The zero-order valence-corrected chi connectivity index (χ0v) is 12.0. The molecular weight excluding hydrogens is 274 g/mol. The summed E-state index contributed by atoms with van der Waals surface area (Å²) in [6.07, 6.45) is 6.58. The lowest BCUT2D eigenvalue weighted by Gasteiger charge is -2.06. The summed E-state index contributed by atoms with van der Waals surface area (Å²) in [5.74, 6) is 1.04. The summed E-state index contributed by atoms with van der Waals surface area (Å²) < 4.78 is 4.15. The van der Waals surface area contributed by atoms with E-state index in [0.717, 1.165) is 35.3 Å². The second-order valence-electron chi connectivity index (χ2n) is 4.87. The first kappa shape index (κ1) is 13.2. The SMILES string of the molecule is Cn1ccnc1CCn1cc(CO)c2ccc(Cl)cc21. The molecule has 0 aliphatic rings. The summed E-state index contributed by atoms with van der Waals surface area (Å²) >= 11 is 6.08. The van der Waals surface area contributed by atoms with Gasteiger partial charge < -0.3 is 14.2 Å². The Morgan fingerprint density at radius 3 is 2.90 bits per heavy atom. The minimum atomic E-state index is 0.0353. The zero-order chi connectivity index (χ0) is 14.1. The highest BCUT2D eigenvalue weighted by atomic mass is 35.5. The first-order chi connectivity index (χ1) is 9.69. The van der Waals surface area contributed by atoms with Crippen molar-refractivity contribution in [3.8, 4) is 0 Å². The average molecular weight is 290 g/mol. The number of halogens is 1.